The fourth-order valence-electron chi connectivity index (χ4n) is 0.909. The molecule has 10 heavy (non-hydrogen) atoms. The summed E-state index contributed by atoms with van der Waals surface area (Å²) in [6.07, 6.45) is 5.70. The van der Waals surface area contributed by atoms with Gasteiger partial charge in [0, 0.05) is 19.2 Å². The Kier molecular flexibility index (Phi) is 1.90. The van der Waals surface area contributed by atoms with Crippen LogP contribution in [0.2, 0.25) is 0 Å². The first-order valence-corrected chi connectivity index (χ1v) is 3.28. The van der Waals surface area contributed by atoms with Crippen molar-refractivity contribution in [3.8, 4) is 0 Å². The van der Waals surface area contributed by atoms with E-state index in [1.165, 1.54) is 0 Å². The zero-order valence-corrected chi connectivity index (χ0v) is 6.29. The monoisotopic (exact) mass is 137 g/mol. The van der Waals surface area contributed by atoms with Crippen LogP contribution in [0.1, 0.15) is 6.92 Å². The molecular weight excluding hydrogens is 126 g/mol. The number of allylic oxidation sites excluding steroid dienone is 2. The van der Waals surface area contributed by atoms with Gasteiger partial charge < -0.3 is 4.90 Å². The van der Waals surface area contributed by atoms with E-state index in [1.807, 2.05) is 30.3 Å². The van der Waals surface area contributed by atoms with Crippen molar-refractivity contribution in [2.24, 2.45) is 0 Å². The van der Waals surface area contributed by atoms with Crippen LogP contribution in [0, 0.1) is 0 Å². The minimum atomic E-state index is 0.163. The number of ketones is 1. The summed E-state index contributed by atoms with van der Waals surface area (Å²) in [5, 5.41) is 0. The van der Waals surface area contributed by atoms with E-state index in [0.29, 0.717) is 0 Å². The first-order chi connectivity index (χ1) is 4.70. The van der Waals surface area contributed by atoms with Crippen LogP contribution in [0.4, 0.5) is 0 Å². The van der Waals surface area contributed by atoms with Crippen LogP contribution in [0.25, 0.3) is 0 Å². The van der Waals surface area contributed by atoms with Crippen molar-refractivity contribution >= 4 is 5.78 Å². The zero-order chi connectivity index (χ0) is 7.56. The quantitative estimate of drug-likeness (QED) is 0.536. The van der Waals surface area contributed by atoms with Gasteiger partial charge in [0.25, 0.3) is 0 Å². The standard InChI is InChI=1S/C8H11NO/c1-7(10)8-4-3-5-9(2)6-8/h3-5H,6H2,1-2H3. The highest BCUT2D eigenvalue weighted by Crippen LogP contribution is 2.05. The number of likely N-dealkylation sites (N-methyl/N-ethyl adjacent to an activating group) is 1. The SMILES string of the molecule is CC(=O)C1=CC=CN(C)C1. The molecule has 0 aromatic carbocycles. The van der Waals surface area contributed by atoms with Crippen molar-refractivity contribution in [3.05, 3.63) is 23.9 Å². The molecule has 0 atom stereocenters. The van der Waals surface area contributed by atoms with Crippen molar-refractivity contribution in [2.45, 2.75) is 6.92 Å². The van der Waals surface area contributed by atoms with Gasteiger partial charge in [-0.05, 0) is 19.2 Å². The summed E-state index contributed by atoms with van der Waals surface area (Å²) in [4.78, 5) is 12.8. The molecule has 0 bridgehead atoms. The Balaban J connectivity index is 2.71. The third-order valence-electron chi connectivity index (χ3n) is 1.51. The number of carbonyl (C=O) groups excluding carboxylic acids is 1. The molecule has 1 aliphatic rings. The van der Waals surface area contributed by atoms with Crippen molar-refractivity contribution < 1.29 is 4.79 Å². The van der Waals surface area contributed by atoms with Crippen LogP contribution in [-0.2, 0) is 4.79 Å². The Bertz CT molecular complexity index is 203. The van der Waals surface area contributed by atoms with Gasteiger partial charge in [0.2, 0.25) is 0 Å². The van der Waals surface area contributed by atoms with Crippen molar-refractivity contribution in [2.75, 3.05) is 13.6 Å². The lowest BCUT2D eigenvalue weighted by molar-refractivity contribution is -0.113. The predicted molar refractivity (Wildman–Crippen MR) is 40.5 cm³/mol. The molecular formula is C8H11NO. The molecule has 1 heterocycles. The van der Waals surface area contributed by atoms with Crippen LogP contribution in [-0.4, -0.2) is 24.3 Å². The van der Waals surface area contributed by atoms with E-state index in [4.69, 9.17) is 0 Å². The lowest BCUT2D eigenvalue weighted by Crippen LogP contribution is -2.19. The first-order valence-electron chi connectivity index (χ1n) is 3.28. The normalized spacial score (nSPS) is 17.0. The highest BCUT2D eigenvalue weighted by Gasteiger charge is 2.06. The maximum Gasteiger partial charge on any atom is 0.157 e. The largest absolute Gasteiger partial charge is 0.376 e. The summed E-state index contributed by atoms with van der Waals surface area (Å²) >= 11 is 0. The second kappa shape index (κ2) is 2.69. The summed E-state index contributed by atoms with van der Waals surface area (Å²) in [6.45, 7) is 2.34. The Morgan fingerprint density at radius 2 is 2.40 bits per heavy atom. The number of Topliss-reactive ketones (excluding diaryl/α,β-unsaturated/α-hetero) is 1. The lowest BCUT2D eigenvalue weighted by atomic mass is 10.1. The number of hydrogen-bond donors (Lipinski definition) is 0. The van der Waals surface area contributed by atoms with Crippen molar-refractivity contribution in [3.63, 3.8) is 0 Å². The summed E-state index contributed by atoms with van der Waals surface area (Å²) in [5.41, 5.74) is 0.880. The summed E-state index contributed by atoms with van der Waals surface area (Å²) in [5.74, 6) is 0.163. The second-order valence-electron chi connectivity index (χ2n) is 2.50. The van der Waals surface area contributed by atoms with E-state index in [0.717, 1.165) is 12.1 Å². The molecule has 0 N–H and O–H groups in total. The van der Waals surface area contributed by atoms with Crippen LogP contribution in [0.5, 0.6) is 0 Å². The maximum atomic E-state index is 10.8. The van der Waals surface area contributed by atoms with Crippen LogP contribution >= 0.6 is 0 Å². The number of hydrogen-bond acceptors (Lipinski definition) is 2. The molecule has 0 aromatic rings. The number of nitrogens with zero attached hydrogens (tertiary/aromatic N) is 1. The smallest absolute Gasteiger partial charge is 0.157 e. The molecule has 2 nitrogen and oxygen atoms in total. The van der Waals surface area contributed by atoms with Gasteiger partial charge >= 0.3 is 0 Å². The lowest BCUT2D eigenvalue weighted by Gasteiger charge is -2.17. The fraction of sp³-hybridized carbons (Fsp3) is 0.375. The third-order valence-corrected chi connectivity index (χ3v) is 1.51. The summed E-state index contributed by atoms with van der Waals surface area (Å²) < 4.78 is 0. The molecule has 1 aliphatic heterocycles. The van der Waals surface area contributed by atoms with Gasteiger partial charge in [0.1, 0.15) is 0 Å². The highest BCUT2D eigenvalue weighted by molar-refractivity contribution is 5.94. The van der Waals surface area contributed by atoms with E-state index in [-0.39, 0.29) is 5.78 Å². The fourth-order valence-corrected chi connectivity index (χ4v) is 0.909. The molecule has 0 amide bonds. The molecule has 0 unspecified atom stereocenters. The maximum absolute atomic E-state index is 10.8. The van der Waals surface area contributed by atoms with Gasteiger partial charge in [-0.15, -0.1) is 0 Å². The van der Waals surface area contributed by atoms with Crippen LogP contribution in [0.3, 0.4) is 0 Å². The molecule has 0 fully saturated rings. The molecule has 0 saturated carbocycles. The Morgan fingerprint density at radius 3 is 2.80 bits per heavy atom. The second-order valence-corrected chi connectivity index (χ2v) is 2.50. The van der Waals surface area contributed by atoms with Crippen LogP contribution < -0.4 is 0 Å². The molecule has 2 heteroatoms. The minimum absolute atomic E-state index is 0.163. The minimum Gasteiger partial charge on any atom is -0.376 e. The average molecular weight is 137 g/mol. The Hall–Kier alpha value is -1.05. The molecule has 0 saturated heterocycles. The van der Waals surface area contributed by atoms with E-state index >= 15 is 0 Å². The molecule has 54 valence electrons. The van der Waals surface area contributed by atoms with Gasteiger partial charge in [-0.25, -0.2) is 0 Å². The van der Waals surface area contributed by atoms with Gasteiger partial charge in [-0.3, -0.25) is 4.79 Å². The number of carbonyl (C=O) groups is 1. The van der Waals surface area contributed by atoms with Gasteiger partial charge in [-0.1, -0.05) is 6.08 Å². The van der Waals surface area contributed by atoms with Gasteiger partial charge in [-0.2, -0.15) is 0 Å². The van der Waals surface area contributed by atoms with E-state index in [2.05, 4.69) is 0 Å². The molecule has 1 rings (SSSR count). The topological polar surface area (TPSA) is 20.3 Å². The van der Waals surface area contributed by atoms with Crippen molar-refractivity contribution in [1.29, 1.82) is 0 Å². The molecule has 0 spiro atoms. The Morgan fingerprint density at radius 1 is 1.70 bits per heavy atom. The molecule has 0 aromatic heterocycles. The third kappa shape index (κ3) is 1.47. The average Bonchev–Trinajstić information content (AvgIpc) is 1.88. The van der Waals surface area contributed by atoms with E-state index in [9.17, 15) is 4.79 Å². The molecule has 0 radical (unpaired) electrons. The number of rotatable bonds is 1. The van der Waals surface area contributed by atoms with E-state index in [1.54, 1.807) is 6.92 Å². The van der Waals surface area contributed by atoms with Crippen molar-refractivity contribution in [1.82, 2.24) is 4.90 Å². The Labute approximate surface area is 60.8 Å². The highest BCUT2D eigenvalue weighted by atomic mass is 16.1. The van der Waals surface area contributed by atoms with Gasteiger partial charge in [0.15, 0.2) is 5.78 Å². The zero-order valence-electron chi connectivity index (χ0n) is 6.29. The first kappa shape index (κ1) is 7.06. The predicted octanol–water partition coefficient (Wildman–Crippen LogP) is 0.961. The summed E-state index contributed by atoms with van der Waals surface area (Å²) in [7, 11) is 1.95. The molecule has 0 aliphatic carbocycles. The van der Waals surface area contributed by atoms with E-state index < -0.39 is 0 Å². The van der Waals surface area contributed by atoms with Crippen LogP contribution in [0.15, 0.2) is 23.9 Å². The summed E-state index contributed by atoms with van der Waals surface area (Å²) in [6, 6.07) is 0. The van der Waals surface area contributed by atoms with Gasteiger partial charge in [0.05, 0.1) is 0 Å².